The Labute approximate surface area is 379 Å². The van der Waals surface area contributed by atoms with Crippen LogP contribution in [0, 0.1) is 0 Å². The Morgan fingerprint density at radius 3 is 1.30 bits per heavy atom. The smallest absolute Gasteiger partial charge is 0.305 e. The number of carbonyl (C=O) groups is 2. The van der Waals surface area contributed by atoms with Gasteiger partial charge in [-0.2, -0.15) is 0 Å². The van der Waals surface area contributed by atoms with Crippen molar-refractivity contribution in [1.29, 1.82) is 0 Å². The van der Waals surface area contributed by atoms with Crippen molar-refractivity contribution < 1.29 is 24.5 Å². The first-order valence-electron chi connectivity index (χ1n) is 26.7. The van der Waals surface area contributed by atoms with E-state index in [-0.39, 0.29) is 18.5 Å². The standard InChI is InChI=1S/C55H103NO5/c1-3-5-7-9-11-13-15-17-20-25-29-33-37-41-45-49-55(60)61-50-46-42-38-34-30-26-22-19-18-21-24-28-32-36-40-44-48-54(59)56-52(51-57)53(58)47-43-39-35-31-27-23-16-14-12-10-8-6-4-2/h11,13,17-18,20-21,52-53,57-58H,3-10,12,14-16,19,22-51H2,1-2H3,(H,56,59)/b13-11-,20-17-,21-18-. The van der Waals surface area contributed by atoms with Gasteiger partial charge < -0.3 is 20.3 Å². The Bertz CT molecular complexity index is 993. The molecule has 3 N–H and O–H groups in total. The monoisotopic (exact) mass is 858 g/mol. The van der Waals surface area contributed by atoms with Crippen molar-refractivity contribution >= 4 is 11.9 Å². The molecule has 0 bridgehead atoms. The highest BCUT2D eigenvalue weighted by atomic mass is 16.5. The molecule has 6 heteroatoms. The van der Waals surface area contributed by atoms with Crippen LogP contribution in [0.25, 0.3) is 0 Å². The van der Waals surface area contributed by atoms with Gasteiger partial charge in [-0.05, 0) is 83.5 Å². The third-order valence-electron chi connectivity index (χ3n) is 12.2. The summed E-state index contributed by atoms with van der Waals surface area (Å²) in [5, 5.41) is 23.2. The number of carbonyl (C=O) groups excluding carboxylic acids is 2. The minimum atomic E-state index is -0.674. The first kappa shape index (κ1) is 59.1. The van der Waals surface area contributed by atoms with Gasteiger partial charge in [0.2, 0.25) is 5.91 Å². The molecule has 6 nitrogen and oxygen atoms in total. The third kappa shape index (κ3) is 47.4. The summed E-state index contributed by atoms with van der Waals surface area (Å²) in [5.41, 5.74) is 0. The Kier molecular flexibility index (Phi) is 49.1. The molecule has 0 aromatic carbocycles. The number of unbranched alkanes of at least 4 members (excludes halogenated alkanes) is 32. The number of amides is 1. The van der Waals surface area contributed by atoms with E-state index in [0.717, 1.165) is 70.6 Å². The number of aliphatic hydroxyl groups is 2. The highest BCUT2D eigenvalue weighted by molar-refractivity contribution is 5.76. The molecule has 0 aromatic heterocycles. The van der Waals surface area contributed by atoms with E-state index in [2.05, 4.69) is 55.6 Å². The summed E-state index contributed by atoms with van der Waals surface area (Å²) >= 11 is 0. The second-order valence-electron chi connectivity index (χ2n) is 18.2. The predicted molar refractivity (Wildman–Crippen MR) is 264 cm³/mol. The maximum Gasteiger partial charge on any atom is 0.305 e. The molecule has 61 heavy (non-hydrogen) atoms. The van der Waals surface area contributed by atoms with Crippen molar-refractivity contribution in [2.24, 2.45) is 0 Å². The molecule has 2 atom stereocenters. The molecule has 0 aromatic rings. The number of allylic oxidation sites excluding steroid dienone is 6. The second kappa shape index (κ2) is 50.7. The lowest BCUT2D eigenvalue weighted by atomic mass is 10.0. The minimum absolute atomic E-state index is 0.0173. The van der Waals surface area contributed by atoms with Gasteiger partial charge >= 0.3 is 5.97 Å². The Hall–Kier alpha value is -1.92. The molecule has 2 unspecified atom stereocenters. The summed E-state index contributed by atoms with van der Waals surface area (Å²) in [6.07, 6.45) is 61.1. The quantitative estimate of drug-likeness (QED) is 0.0322. The van der Waals surface area contributed by atoms with E-state index < -0.39 is 12.1 Å². The summed E-state index contributed by atoms with van der Waals surface area (Å²) in [5.74, 6) is -0.0705. The van der Waals surface area contributed by atoms with Gasteiger partial charge in [-0.1, -0.05) is 217 Å². The maximum atomic E-state index is 12.4. The van der Waals surface area contributed by atoms with Gasteiger partial charge in [-0.25, -0.2) is 0 Å². The van der Waals surface area contributed by atoms with Crippen molar-refractivity contribution in [2.45, 2.75) is 289 Å². The zero-order valence-corrected chi connectivity index (χ0v) is 40.6. The average Bonchev–Trinajstić information content (AvgIpc) is 3.26. The van der Waals surface area contributed by atoms with Gasteiger partial charge in [0.1, 0.15) is 0 Å². The molecule has 0 saturated heterocycles. The Morgan fingerprint density at radius 2 is 0.820 bits per heavy atom. The summed E-state index contributed by atoms with van der Waals surface area (Å²) in [7, 11) is 0. The van der Waals surface area contributed by atoms with Crippen molar-refractivity contribution in [3.8, 4) is 0 Å². The highest BCUT2D eigenvalue weighted by Crippen LogP contribution is 2.16. The molecule has 0 saturated carbocycles. The summed E-state index contributed by atoms with van der Waals surface area (Å²) < 4.78 is 5.46. The van der Waals surface area contributed by atoms with Crippen molar-refractivity contribution in [2.75, 3.05) is 13.2 Å². The number of nitrogens with one attached hydrogen (secondary N) is 1. The second-order valence-corrected chi connectivity index (χ2v) is 18.2. The van der Waals surface area contributed by atoms with Crippen LogP contribution in [0.4, 0.5) is 0 Å². The first-order valence-corrected chi connectivity index (χ1v) is 26.7. The fourth-order valence-corrected chi connectivity index (χ4v) is 8.02. The lowest BCUT2D eigenvalue weighted by Gasteiger charge is -2.22. The summed E-state index contributed by atoms with van der Waals surface area (Å²) in [4.78, 5) is 24.5. The molecule has 0 spiro atoms. The van der Waals surface area contributed by atoms with Crippen LogP contribution < -0.4 is 5.32 Å². The van der Waals surface area contributed by atoms with E-state index in [4.69, 9.17) is 4.74 Å². The molecule has 0 radical (unpaired) electrons. The van der Waals surface area contributed by atoms with E-state index in [1.807, 2.05) is 0 Å². The van der Waals surface area contributed by atoms with Crippen LogP contribution >= 0.6 is 0 Å². The number of ether oxygens (including phenoxy) is 1. The largest absolute Gasteiger partial charge is 0.466 e. The first-order chi connectivity index (χ1) is 30.0. The molecule has 0 fully saturated rings. The summed E-state index contributed by atoms with van der Waals surface area (Å²) in [6, 6.07) is -0.554. The predicted octanol–water partition coefficient (Wildman–Crippen LogP) is 16.1. The number of esters is 1. The highest BCUT2D eigenvalue weighted by Gasteiger charge is 2.20. The van der Waals surface area contributed by atoms with Crippen LogP contribution in [-0.2, 0) is 14.3 Å². The number of hydrogen-bond acceptors (Lipinski definition) is 5. The average molecular weight is 858 g/mol. The van der Waals surface area contributed by atoms with Crippen LogP contribution in [0.2, 0.25) is 0 Å². The normalized spacial score (nSPS) is 12.9. The zero-order valence-electron chi connectivity index (χ0n) is 40.6. The SMILES string of the molecule is CCCCC/C=C\C/C=C\CCCCCCCC(=O)OCCCCCCCCC/C=C\CCCCCCCC(=O)NC(CO)C(O)CCCCCCCCCCCCCCC. The van der Waals surface area contributed by atoms with E-state index >= 15 is 0 Å². The molecule has 1 amide bonds. The van der Waals surface area contributed by atoms with E-state index in [9.17, 15) is 19.8 Å². The van der Waals surface area contributed by atoms with Crippen LogP contribution in [0.3, 0.4) is 0 Å². The van der Waals surface area contributed by atoms with Crippen LogP contribution in [0.15, 0.2) is 36.5 Å². The van der Waals surface area contributed by atoms with Gasteiger partial charge in [0.15, 0.2) is 0 Å². The van der Waals surface area contributed by atoms with Gasteiger partial charge in [-0.15, -0.1) is 0 Å². The summed E-state index contributed by atoms with van der Waals surface area (Å²) in [6.45, 7) is 4.89. The minimum Gasteiger partial charge on any atom is -0.466 e. The molecule has 358 valence electrons. The lowest BCUT2D eigenvalue weighted by Crippen LogP contribution is -2.45. The van der Waals surface area contributed by atoms with Crippen molar-refractivity contribution in [1.82, 2.24) is 5.32 Å². The van der Waals surface area contributed by atoms with Crippen molar-refractivity contribution in [3.63, 3.8) is 0 Å². The molecule has 0 aliphatic rings. The van der Waals surface area contributed by atoms with Gasteiger partial charge in [0.25, 0.3) is 0 Å². The third-order valence-corrected chi connectivity index (χ3v) is 12.2. The molecule has 0 rings (SSSR count). The number of aliphatic hydroxyl groups excluding tert-OH is 2. The molecular weight excluding hydrogens is 755 g/mol. The van der Waals surface area contributed by atoms with E-state index in [0.29, 0.717) is 25.9 Å². The lowest BCUT2D eigenvalue weighted by molar-refractivity contribution is -0.143. The Morgan fingerprint density at radius 1 is 0.459 bits per heavy atom. The molecule has 0 aliphatic carbocycles. The molecule has 0 aliphatic heterocycles. The number of rotatable bonds is 49. The zero-order chi connectivity index (χ0) is 44.4. The van der Waals surface area contributed by atoms with Gasteiger partial charge in [0.05, 0.1) is 25.4 Å². The van der Waals surface area contributed by atoms with Crippen molar-refractivity contribution in [3.05, 3.63) is 36.5 Å². The molecular formula is C55H103NO5. The topological polar surface area (TPSA) is 95.9 Å². The van der Waals surface area contributed by atoms with Crippen LogP contribution in [0.5, 0.6) is 0 Å². The van der Waals surface area contributed by atoms with Crippen LogP contribution in [0.1, 0.15) is 277 Å². The maximum absolute atomic E-state index is 12.4. The van der Waals surface area contributed by atoms with Gasteiger partial charge in [-0.3, -0.25) is 9.59 Å². The fraction of sp³-hybridized carbons (Fsp3) is 0.855. The van der Waals surface area contributed by atoms with Crippen LogP contribution in [-0.4, -0.2) is 47.4 Å². The van der Waals surface area contributed by atoms with Gasteiger partial charge in [0, 0.05) is 12.8 Å². The fourth-order valence-electron chi connectivity index (χ4n) is 8.02. The Balaban J connectivity index is 3.48. The van der Waals surface area contributed by atoms with E-state index in [1.165, 1.54) is 173 Å². The van der Waals surface area contributed by atoms with E-state index in [1.54, 1.807) is 0 Å². The number of hydrogen-bond donors (Lipinski definition) is 3. The molecule has 0 heterocycles.